The summed E-state index contributed by atoms with van der Waals surface area (Å²) < 4.78 is 5.22. The summed E-state index contributed by atoms with van der Waals surface area (Å²) in [5, 5.41) is 5.94. The number of aromatic nitrogens is 1. The van der Waals surface area contributed by atoms with Crippen LogP contribution >= 0.6 is 11.3 Å². The molecule has 116 valence electrons. The number of amides is 1. The van der Waals surface area contributed by atoms with E-state index in [4.69, 9.17) is 4.74 Å². The zero-order chi connectivity index (χ0) is 16.2. The van der Waals surface area contributed by atoms with E-state index in [2.05, 4.69) is 10.3 Å². The molecule has 0 saturated carbocycles. The molecular weight excluding hydrogens is 308 g/mol. The molecule has 4 nitrogen and oxygen atoms in total. The van der Waals surface area contributed by atoms with Gasteiger partial charge >= 0.3 is 0 Å². The van der Waals surface area contributed by atoms with Crippen LogP contribution in [0.3, 0.4) is 0 Å². The number of hydrogen-bond donors (Lipinski definition) is 1. The normalized spacial score (nSPS) is 10.3. The number of methoxy groups -OCH3 is 1. The molecule has 1 N–H and O–H groups in total. The van der Waals surface area contributed by atoms with Crippen LogP contribution in [-0.4, -0.2) is 18.0 Å². The summed E-state index contributed by atoms with van der Waals surface area (Å²) in [6.45, 7) is 1.98. The van der Waals surface area contributed by atoms with E-state index in [1.807, 2.05) is 48.7 Å². The molecule has 3 aromatic rings. The van der Waals surface area contributed by atoms with E-state index >= 15 is 0 Å². The molecule has 5 heteroatoms. The largest absolute Gasteiger partial charge is 0.496 e. The van der Waals surface area contributed by atoms with E-state index in [-0.39, 0.29) is 5.91 Å². The van der Waals surface area contributed by atoms with E-state index in [9.17, 15) is 4.79 Å². The number of para-hydroxylation sites is 1. The van der Waals surface area contributed by atoms with Crippen LogP contribution in [0.1, 0.15) is 15.4 Å². The smallest absolute Gasteiger partial charge is 0.259 e. The highest BCUT2D eigenvalue weighted by Gasteiger charge is 2.11. The Bertz CT molecular complexity index is 825. The van der Waals surface area contributed by atoms with Crippen molar-refractivity contribution in [3.8, 4) is 17.0 Å². The van der Waals surface area contributed by atoms with Crippen molar-refractivity contribution in [3.05, 3.63) is 64.5 Å². The van der Waals surface area contributed by atoms with Crippen LogP contribution in [0.2, 0.25) is 0 Å². The third kappa shape index (κ3) is 3.40. The first-order chi connectivity index (χ1) is 11.2. The molecule has 0 spiro atoms. The van der Waals surface area contributed by atoms with Crippen LogP contribution in [0.4, 0.5) is 5.69 Å². The van der Waals surface area contributed by atoms with E-state index in [1.165, 1.54) is 0 Å². The van der Waals surface area contributed by atoms with Crippen molar-refractivity contribution in [1.82, 2.24) is 4.98 Å². The molecule has 0 unspecified atom stereocenters. The number of nitrogens with zero attached hydrogens (tertiary/aromatic N) is 1. The fourth-order valence-corrected chi connectivity index (χ4v) is 2.87. The van der Waals surface area contributed by atoms with Crippen LogP contribution in [-0.2, 0) is 0 Å². The minimum Gasteiger partial charge on any atom is -0.496 e. The summed E-state index contributed by atoms with van der Waals surface area (Å²) >= 11 is 1.62. The zero-order valence-corrected chi connectivity index (χ0v) is 13.7. The summed E-state index contributed by atoms with van der Waals surface area (Å²) in [5.74, 6) is 0.360. The number of hydrogen-bond acceptors (Lipinski definition) is 4. The lowest BCUT2D eigenvalue weighted by Crippen LogP contribution is -2.12. The second-order valence-electron chi connectivity index (χ2n) is 4.98. The molecule has 1 aromatic heterocycles. The number of nitrogens with one attached hydrogen (secondary N) is 1. The highest BCUT2D eigenvalue weighted by Crippen LogP contribution is 2.24. The van der Waals surface area contributed by atoms with E-state index in [1.54, 1.807) is 30.6 Å². The maximum atomic E-state index is 12.4. The molecule has 0 aliphatic carbocycles. The number of benzene rings is 2. The Kier molecular flexibility index (Phi) is 4.39. The van der Waals surface area contributed by atoms with Gasteiger partial charge in [-0.15, -0.1) is 11.3 Å². The Morgan fingerprint density at radius 2 is 1.87 bits per heavy atom. The number of rotatable bonds is 4. The molecule has 0 aliphatic heterocycles. The zero-order valence-electron chi connectivity index (χ0n) is 12.9. The minimum absolute atomic E-state index is 0.195. The SMILES string of the molecule is COc1ccccc1C(=O)Nc1ccc(-c2csc(C)n2)cc1. The standard InChI is InChI=1S/C18H16N2O2S/c1-12-19-16(11-23-12)13-7-9-14(10-8-13)20-18(21)15-5-3-4-6-17(15)22-2/h3-11H,1-2H3,(H,20,21). The summed E-state index contributed by atoms with van der Waals surface area (Å²) in [5.41, 5.74) is 3.23. The second kappa shape index (κ2) is 6.62. The average molecular weight is 324 g/mol. The highest BCUT2D eigenvalue weighted by atomic mass is 32.1. The van der Waals surface area contributed by atoms with Crippen molar-refractivity contribution in [2.75, 3.05) is 12.4 Å². The first kappa shape index (κ1) is 15.2. The second-order valence-corrected chi connectivity index (χ2v) is 6.05. The molecule has 1 heterocycles. The Hall–Kier alpha value is -2.66. The molecule has 0 bridgehead atoms. The first-order valence-electron chi connectivity index (χ1n) is 7.14. The molecular formula is C18H16N2O2S. The molecule has 0 aliphatic rings. The molecule has 0 fully saturated rings. The van der Waals surface area contributed by atoms with Gasteiger partial charge in [0.1, 0.15) is 5.75 Å². The van der Waals surface area contributed by atoms with Crippen molar-refractivity contribution < 1.29 is 9.53 Å². The van der Waals surface area contributed by atoms with E-state index in [0.717, 1.165) is 22.0 Å². The van der Waals surface area contributed by atoms with Gasteiger partial charge in [0.25, 0.3) is 5.91 Å². The lowest BCUT2D eigenvalue weighted by molar-refractivity contribution is 0.102. The van der Waals surface area contributed by atoms with Crippen molar-refractivity contribution in [2.45, 2.75) is 6.92 Å². The Morgan fingerprint density at radius 3 is 2.52 bits per heavy atom. The average Bonchev–Trinajstić information content (AvgIpc) is 3.02. The fourth-order valence-electron chi connectivity index (χ4n) is 2.25. The Balaban J connectivity index is 1.77. The topological polar surface area (TPSA) is 51.2 Å². The van der Waals surface area contributed by atoms with Crippen LogP contribution in [0.25, 0.3) is 11.3 Å². The Morgan fingerprint density at radius 1 is 1.13 bits per heavy atom. The molecule has 1 amide bonds. The van der Waals surface area contributed by atoms with Gasteiger partial charge in [-0.2, -0.15) is 0 Å². The number of carbonyl (C=O) groups excluding carboxylic acids is 1. The number of thiazole rings is 1. The van der Waals surface area contributed by atoms with E-state index < -0.39 is 0 Å². The monoisotopic (exact) mass is 324 g/mol. The predicted molar refractivity (Wildman–Crippen MR) is 93.2 cm³/mol. The van der Waals surface area contributed by atoms with Gasteiger partial charge in [0.2, 0.25) is 0 Å². The first-order valence-corrected chi connectivity index (χ1v) is 8.02. The molecule has 3 rings (SSSR count). The fraction of sp³-hybridized carbons (Fsp3) is 0.111. The third-order valence-electron chi connectivity index (χ3n) is 3.41. The molecule has 0 atom stereocenters. The van der Waals surface area contributed by atoms with Gasteiger partial charge in [0.05, 0.1) is 23.4 Å². The maximum Gasteiger partial charge on any atom is 0.259 e. The number of carbonyl (C=O) groups is 1. The van der Waals surface area contributed by atoms with Crippen LogP contribution in [0, 0.1) is 6.92 Å². The highest BCUT2D eigenvalue weighted by molar-refractivity contribution is 7.09. The van der Waals surface area contributed by atoms with Crippen molar-refractivity contribution in [3.63, 3.8) is 0 Å². The number of ether oxygens (including phenoxy) is 1. The Labute approximate surface area is 138 Å². The molecule has 0 radical (unpaired) electrons. The summed E-state index contributed by atoms with van der Waals surface area (Å²) in [6.07, 6.45) is 0. The lowest BCUT2D eigenvalue weighted by Gasteiger charge is -2.09. The van der Waals surface area contributed by atoms with Crippen LogP contribution in [0.5, 0.6) is 5.75 Å². The summed E-state index contributed by atoms with van der Waals surface area (Å²) in [7, 11) is 1.55. The molecule has 0 saturated heterocycles. The third-order valence-corrected chi connectivity index (χ3v) is 4.18. The van der Waals surface area contributed by atoms with Gasteiger partial charge in [-0.1, -0.05) is 24.3 Å². The van der Waals surface area contributed by atoms with Gasteiger partial charge < -0.3 is 10.1 Å². The van der Waals surface area contributed by atoms with E-state index in [0.29, 0.717) is 11.3 Å². The van der Waals surface area contributed by atoms with Gasteiger partial charge in [0.15, 0.2) is 0 Å². The number of anilines is 1. The van der Waals surface area contributed by atoms with Gasteiger partial charge in [-0.05, 0) is 31.2 Å². The summed E-state index contributed by atoms with van der Waals surface area (Å²) in [6, 6.07) is 14.8. The minimum atomic E-state index is -0.195. The maximum absolute atomic E-state index is 12.4. The van der Waals surface area contributed by atoms with Gasteiger partial charge in [-0.3, -0.25) is 4.79 Å². The van der Waals surface area contributed by atoms with Gasteiger partial charge in [-0.25, -0.2) is 4.98 Å². The van der Waals surface area contributed by atoms with Crippen molar-refractivity contribution >= 4 is 22.9 Å². The molecule has 23 heavy (non-hydrogen) atoms. The van der Waals surface area contributed by atoms with Crippen LogP contribution in [0.15, 0.2) is 53.9 Å². The van der Waals surface area contributed by atoms with Gasteiger partial charge in [0, 0.05) is 16.6 Å². The quantitative estimate of drug-likeness (QED) is 0.775. The van der Waals surface area contributed by atoms with Crippen LogP contribution < -0.4 is 10.1 Å². The van der Waals surface area contributed by atoms with Crippen molar-refractivity contribution in [2.24, 2.45) is 0 Å². The number of aryl methyl sites for hydroxylation is 1. The summed E-state index contributed by atoms with van der Waals surface area (Å²) in [4.78, 5) is 16.8. The molecule has 2 aromatic carbocycles. The lowest BCUT2D eigenvalue weighted by atomic mass is 10.1. The van der Waals surface area contributed by atoms with Crippen molar-refractivity contribution in [1.29, 1.82) is 0 Å². The predicted octanol–water partition coefficient (Wildman–Crippen LogP) is 4.38.